The molecule has 40 heteroatoms. The van der Waals surface area contributed by atoms with Crippen LogP contribution in [-0.4, -0.2) is 237 Å². The molecular weight excluding hydrogens is 1570 g/mol. The van der Waals surface area contributed by atoms with Crippen LogP contribution >= 0.6 is 0 Å². The number of hydrogen-bond acceptors (Lipinski definition) is 32. The van der Waals surface area contributed by atoms with Crippen LogP contribution in [0.15, 0.2) is 97.6 Å². The summed E-state index contributed by atoms with van der Waals surface area (Å²) in [6.07, 6.45) is 14.0. The molecule has 0 saturated carbocycles. The molecule has 10 N–H and O–H groups in total. The molecule has 4 aromatic carbocycles. The third kappa shape index (κ3) is 21.1. The average molecular weight is 1670 g/mol. The SMILES string of the molecule is CNC(=O)c1nnc2cc1Nc1c(ccc(-c3ncn(C)n3)c1OC)OCCCCN2.CNC(=O)c1nnc2cc1Nc1c(ccc(-c3ncn(C)n3)c1OC)OCCCCO2.CNC(=O)c1nnc2cc1Nc1ccc(C(=O)N3CCCC3)cc1OCCCCN2.CNC(=O)c1nnc2cc1Nc1ccc(C(=O)N3CCCC3)cc1OCCCCO2. The average Bonchev–Trinajstić information content (AvgIpc) is 1.61. The molecule has 0 radical (unpaired) electrons. The van der Waals surface area contributed by atoms with Crippen molar-refractivity contribution in [3.05, 3.63) is 131 Å². The number of fused-ring (bicyclic) bond motifs is 12. The summed E-state index contributed by atoms with van der Waals surface area (Å²) in [4.78, 5) is 87.3. The minimum atomic E-state index is -0.391. The second kappa shape index (κ2) is 41.3. The fourth-order valence-electron chi connectivity index (χ4n) is 13.6. The summed E-state index contributed by atoms with van der Waals surface area (Å²) in [6, 6.07) is 24.9. The van der Waals surface area contributed by atoms with Crippen molar-refractivity contribution in [3.63, 3.8) is 0 Å². The highest BCUT2D eigenvalue weighted by molar-refractivity contribution is 6.03. The zero-order valence-corrected chi connectivity index (χ0v) is 69.1. The molecule has 12 heterocycles. The summed E-state index contributed by atoms with van der Waals surface area (Å²) in [5, 5.41) is 71.0. The zero-order valence-electron chi connectivity index (χ0n) is 69.1. The molecular formula is C82H98N26O14. The summed E-state index contributed by atoms with van der Waals surface area (Å²) in [5.74, 6) is 4.67. The van der Waals surface area contributed by atoms with Gasteiger partial charge in [-0.05, 0) is 138 Å². The lowest BCUT2D eigenvalue weighted by Gasteiger charge is -2.20. The van der Waals surface area contributed by atoms with Crippen LogP contribution in [0, 0.1) is 0 Å². The van der Waals surface area contributed by atoms with Crippen molar-refractivity contribution in [2.45, 2.75) is 77.0 Å². The number of benzene rings is 4. The quantitative estimate of drug-likeness (QED) is 0.0612. The van der Waals surface area contributed by atoms with Crippen molar-refractivity contribution in [2.24, 2.45) is 14.1 Å². The molecule has 6 aliphatic heterocycles. The van der Waals surface area contributed by atoms with Gasteiger partial charge >= 0.3 is 0 Å². The van der Waals surface area contributed by atoms with E-state index in [0.717, 1.165) is 116 Å². The molecule has 2 saturated heterocycles. The van der Waals surface area contributed by atoms with Gasteiger partial charge in [-0.2, -0.15) is 10.2 Å². The van der Waals surface area contributed by atoms with E-state index in [1.165, 1.54) is 14.1 Å². The molecule has 0 aliphatic carbocycles. The topological polar surface area (TPSA) is 468 Å². The molecule has 0 spiro atoms. The first-order chi connectivity index (χ1) is 59.5. The number of likely N-dealkylation sites (tertiary alicyclic amines) is 2. The number of aryl methyl sites for hydroxylation is 2. The van der Waals surface area contributed by atoms with E-state index < -0.39 is 5.91 Å². The number of carbonyl (C=O) groups is 6. The highest BCUT2D eigenvalue weighted by Crippen LogP contribution is 2.46. The molecule has 40 nitrogen and oxygen atoms in total. The van der Waals surface area contributed by atoms with E-state index in [9.17, 15) is 28.8 Å². The molecule has 16 rings (SSSR count). The van der Waals surface area contributed by atoms with Crippen molar-refractivity contribution >= 4 is 92.6 Å². The maximum atomic E-state index is 12.8. The molecule has 6 aromatic heterocycles. The Bertz CT molecular complexity index is 5060. The second-order valence-corrected chi connectivity index (χ2v) is 28.4. The first-order valence-electron chi connectivity index (χ1n) is 40.2. The monoisotopic (exact) mass is 1670 g/mol. The van der Waals surface area contributed by atoms with Crippen molar-refractivity contribution in [1.29, 1.82) is 0 Å². The Morgan fingerprint density at radius 1 is 0.369 bits per heavy atom. The number of carbonyl (C=O) groups excluding carboxylic acids is 6. The number of methoxy groups -OCH3 is 2. The molecule has 10 aromatic rings. The lowest BCUT2D eigenvalue weighted by atomic mass is 10.1. The van der Waals surface area contributed by atoms with Gasteiger partial charge in [0, 0.05) is 117 Å². The lowest BCUT2D eigenvalue weighted by Crippen LogP contribution is -2.27. The van der Waals surface area contributed by atoms with Gasteiger partial charge in [0.2, 0.25) is 11.8 Å². The smallest absolute Gasteiger partial charge is 0.273 e. The first-order valence-corrected chi connectivity index (χ1v) is 40.2. The van der Waals surface area contributed by atoms with Gasteiger partial charge in [0.05, 0.1) is 99.1 Å². The summed E-state index contributed by atoms with van der Waals surface area (Å²) in [7, 11) is 12.9. The predicted molar refractivity (Wildman–Crippen MR) is 451 cm³/mol. The number of amides is 6. The van der Waals surface area contributed by atoms with E-state index in [1.54, 1.807) is 119 Å². The largest absolute Gasteiger partial charge is 0.494 e. The predicted octanol–water partition coefficient (Wildman–Crippen LogP) is 8.67. The number of hydrogen-bond donors (Lipinski definition) is 10. The number of nitrogens with one attached hydrogen (secondary N) is 10. The number of anilines is 10. The Morgan fingerprint density at radius 2 is 0.713 bits per heavy atom. The molecule has 122 heavy (non-hydrogen) atoms. The summed E-state index contributed by atoms with van der Waals surface area (Å²) < 4.78 is 50.1. The number of nitrogens with zero attached hydrogens (tertiary/aromatic N) is 16. The highest BCUT2D eigenvalue weighted by Gasteiger charge is 2.29. The highest BCUT2D eigenvalue weighted by atomic mass is 16.5. The van der Waals surface area contributed by atoms with Gasteiger partial charge in [0.15, 0.2) is 57.6 Å². The Balaban J connectivity index is 0.000000140. The molecule has 2 fully saturated rings. The van der Waals surface area contributed by atoms with Crippen LogP contribution < -0.4 is 91.1 Å². The Hall–Kier alpha value is -14.5. The molecule has 6 aliphatic rings. The molecule has 640 valence electrons. The van der Waals surface area contributed by atoms with Crippen LogP contribution in [0.1, 0.15) is 140 Å². The van der Waals surface area contributed by atoms with Crippen LogP contribution in [0.25, 0.3) is 22.8 Å². The van der Waals surface area contributed by atoms with E-state index in [2.05, 4.69) is 114 Å². The fraction of sp³-hybridized carbons (Fsp3) is 0.390. The lowest BCUT2D eigenvalue weighted by molar-refractivity contribution is 0.0785. The summed E-state index contributed by atoms with van der Waals surface area (Å²) in [6.45, 7) is 7.58. The van der Waals surface area contributed by atoms with Gasteiger partial charge in [-0.3, -0.25) is 38.1 Å². The zero-order chi connectivity index (χ0) is 85.4. The van der Waals surface area contributed by atoms with Crippen LogP contribution in [0.3, 0.4) is 0 Å². The number of aromatic nitrogens is 14. The Kier molecular flexibility index (Phi) is 28.9. The maximum absolute atomic E-state index is 12.8. The van der Waals surface area contributed by atoms with Crippen molar-refractivity contribution < 1.29 is 66.7 Å². The minimum absolute atomic E-state index is 0.0114. The van der Waals surface area contributed by atoms with Crippen molar-refractivity contribution in [3.8, 4) is 69.0 Å². The molecule has 0 unspecified atom stereocenters. The van der Waals surface area contributed by atoms with Gasteiger partial charge in [0.25, 0.3) is 35.4 Å². The van der Waals surface area contributed by atoms with Crippen LogP contribution in [0.2, 0.25) is 0 Å². The Labute approximate surface area is 702 Å². The third-order valence-corrected chi connectivity index (χ3v) is 19.9. The fourth-order valence-corrected chi connectivity index (χ4v) is 13.6. The standard InChI is InChI=1S/C21H26N6O3.C21H25N5O4.C20H24N8O3.C20H23N7O4/c1-22-20(28)19-16-13-18(25-26-19)23-8-2-5-11-30-17-12-14(6-7-15(17)24-16)21(29)27-9-3-4-10-27;1-22-20(27)19-16-13-18(24-25-19)30-11-5-4-10-29-17-12-14(6-7-15(17)23-16)21(28)26-8-2-3-9-26;1-21-20(29)16-13-10-15(25-26-16)22-8-4-5-9-31-14-7-6-12(18(30-3)17(14)24-13)19-23-11-28(2)27-19;1-21-20(28)16-13-10-15(24-25-16)31-9-5-4-8-30-14-7-6-12(18(29-3)17(14)23-13)19-22-11-27(2)26-19/h6-7,12-13,24H,2-5,8-11H2,1H3,(H,22,28)(H,23,25);6-7,12-13,23H,2-5,8-11H2,1H3,(H,22,27);6-7,10-11,24H,4-5,8-9H2,1-3H3,(H,21,29)(H,22,25);6-7,10-11,23H,4-5,8-9H2,1-3H3,(H,21,28). The summed E-state index contributed by atoms with van der Waals surface area (Å²) in [5.41, 5.74) is 7.35. The van der Waals surface area contributed by atoms with Gasteiger partial charge < -0.3 is 101 Å². The molecule has 0 atom stereocenters. The van der Waals surface area contributed by atoms with Crippen LogP contribution in [0.5, 0.6) is 46.3 Å². The summed E-state index contributed by atoms with van der Waals surface area (Å²) >= 11 is 0. The van der Waals surface area contributed by atoms with Crippen LogP contribution in [-0.2, 0) is 14.1 Å². The first kappa shape index (κ1) is 85.4. The van der Waals surface area contributed by atoms with E-state index >= 15 is 0 Å². The van der Waals surface area contributed by atoms with E-state index in [1.807, 2.05) is 40.1 Å². The van der Waals surface area contributed by atoms with E-state index in [0.29, 0.717) is 177 Å². The maximum Gasteiger partial charge on any atom is 0.273 e. The second-order valence-electron chi connectivity index (χ2n) is 28.4. The Morgan fingerprint density at radius 3 is 1.08 bits per heavy atom. The van der Waals surface area contributed by atoms with E-state index in [-0.39, 0.29) is 52.3 Å². The number of ether oxygens (including phenoxy) is 8. The molecule has 6 amide bonds. The normalized spacial score (nSPS) is 14.7. The van der Waals surface area contributed by atoms with Gasteiger partial charge in [-0.25, -0.2) is 9.97 Å². The minimum Gasteiger partial charge on any atom is -0.494 e. The van der Waals surface area contributed by atoms with Crippen molar-refractivity contribution in [2.75, 3.05) is 153 Å². The van der Waals surface area contributed by atoms with Crippen LogP contribution in [0.4, 0.5) is 57.1 Å². The third-order valence-electron chi connectivity index (χ3n) is 19.9. The van der Waals surface area contributed by atoms with Gasteiger partial charge in [-0.1, -0.05) is 0 Å². The number of rotatable bonds is 10. The van der Waals surface area contributed by atoms with Gasteiger partial charge in [-0.15, -0.1) is 40.8 Å². The van der Waals surface area contributed by atoms with Gasteiger partial charge in [0.1, 0.15) is 47.0 Å². The van der Waals surface area contributed by atoms with Crippen molar-refractivity contribution in [1.82, 2.24) is 101 Å². The van der Waals surface area contributed by atoms with E-state index in [4.69, 9.17) is 37.9 Å². The molecule has 8 bridgehead atoms.